The first kappa shape index (κ1) is 12.0. The summed E-state index contributed by atoms with van der Waals surface area (Å²) in [5.41, 5.74) is 0.398. The van der Waals surface area contributed by atoms with Gasteiger partial charge in [-0.1, -0.05) is 20.8 Å². The predicted octanol–water partition coefficient (Wildman–Crippen LogP) is 2.06. The maximum Gasteiger partial charge on any atom is 0.00842 e. The Hall–Kier alpha value is 0.250. The van der Waals surface area contributed by atoms with Crippen LogP contribution in [-0.2, 0) is 0 Å². The van der Waals surface area contributed by atoms with Crippen LogP contribution >= 0.6 is 12.4 Å². The van der Waals surface area contributed by atoms with E-state index in [0.29, 0.717) is 11.5 Å². The van der Waals surface area contributed by atoms with Gasteiger partial charge in [-0.3, -0.25) is 0 Å². The van der Waals surface area contributed by atoms with Crippen LogP contribution in [0.5, 0.6) is 0 Å². The van der Waals surface area contributed by atoms with E-state index >= 15 is 0 Å². The SMILES string of the molecule is CNC(C)C(C)(C)C.Cl. The lowest BCUT2D eigenvalue weighted by atomic mass is 9.88. The van der Waals surface area contributed by atoms with Crippen molar-refractivity contribution in [3.63, 3.8) is 0 Å². The minimum atomic E-state index is 0. The second kappa shape index (κ2) is 4.13. The van der Waals surface area contributed by atoms with E-state index in [2.05, 4.69) is 33.0 Å². The first-order valence-corrected chi connectivity index (χ1v) is 3.15. The van der Waals surface area contributed by atoms with E-state index in [4.69, 9.17) is 0 Å². The zero-order valence-electron chi connectivity index (χ0n) is 6.99. The maximum atomic E-state index is 3.20. The van der Waals surface area contributed by atoms with Crippen molar-refractivity contribution in [1.29, 1.82) is 0 Å². The Labute approximate surface area is 64.6 Å². The Balaban J connectivity index is 0. The quantitative estimate of drug-likeness (QED) is 0.605. The molecule has 0 fully saturated rings. The van der Waals surface area contributed by atoms with Crippen molar-refractivity contribution < 1.29 is 0 Å². The van der Waals surface area contributed by atoms with Gasteiger partial charge >= 0.3 is 0 Å². The number of halogens is 1. The normalized spacial score (nSPS) is 14.3. The first-order valence-electron chi connectivity index (χ1n) is 3.15. The molecule has 0 aromatic rings. The zero-order chi connectivity index (χ0) is 6.78. The largest absolute Gasteiger partial charge is 0.317 e. The Bertz CT molecular complexity index is 65.8. The van der Waals surface area contributed by atoms with E-state index in [9.17, 15) is 0 Å². The molecule has 0 heterocycles. The van der Waals surface area contributed by atoms with Crippen molar-refractivity contribution in [2.75, 3.05) is 7.05 Å². The molecular weight excluding hydrogens is 134 g/mol. The molecule has 0 aromatic heterocycles. The van der Waals surface area contributed by atoms with Gasteiger partial charge in [-0.2, -0.15) is 0 Å². The maximum absolute atomic E-state index is 3.20. The minimum absolute atomic E-state index is 0. The Morgan fingerprint density at radius 3 is 1.56 bits per heavy atom. The summed E-state index contributed by atoms with van der Waals surface area (Å²) in [6.07, 6.45) is 0. The summed E-state index contributed by atoms with van der Waals surface area (Å²) in [5.74, 6) is 0. The molecule has 0 radical (unpaired) electrons. The molecule has 1 atom stereocenters. The van der Waals surface area contributed by atoms with Gasteiger partial charge in [-0.15, -0.1) is 12.4 Å². The highest BCUT2D eigenvalue weighted by Gasteiger charge is 2.16. The van der Waals surface area contributed by atoms with E-state index in [0.717, 1.165) is 0 Å². The van der Waals surface area contributed by atoms with Gasteiger partial charge in [0.05, 0.1) is 0 Å². The van der Waals surface area contributed by atoms with E-state index < -0.39 is 0 Å². The monoisotopic (exact) mass is 151 g/mol. The number of nitrogens with one attached hydrogen (secondary N) is 1. The Morgan fingerprint density at radius 1 is 1.22 bits per heavy atom. The third kappa shape index (κ3) is 4.73. The van der Waals surface area contributed by atoms with Crippen LogP contribution in [0.25, 0.3) is 0 Å². The molecule has 0 aromatic carbocycles. The van der Waals surface area contributed by atoms with Crippen LogP contribution in [-0.4, -0.2) is 13.1 Å². The van der Waals surface area contributed by atoms with E-state index in [1.165, 1.54) is 0 Å². The van der Waals surface area contributed by atoms with Gasteiger partial charge in [-0.25, -0.2) is 0 Å². The summed E-state index contributed by atoms with van der Waals surface area (Å²) >= 11 is 0. The molecular formula is C7H18ClN. The fourth-order valence-corrected chi connectivity index (χ4v) is 0.433. The lowest BCUT2D eigenvalue weighted by molar-refractivity contribution is 0.301. The highest BCUT2D eigenvalue weighted by molar-refractivity contribution is 5.85. The molecule has 0 spiro atoms. The number of hydrogen-bond donors (Lipinski definition) is 1. The molecule has 1 unspecified atom stereocenters. The van der Waals surface area contributed by atoms with Crippen molar-refractivity contribution in [2.45, 2.75) is 33.7 Å². The molecule has 0 rings (SSSR count). The Morgan fingerprint density at radius 2 is 1.56 bits per heavy atom. The van der Waals surface area contributed by atoms with Crippen LogP contribution in [0.4, 0.5) is 0 Å². The average molecular weight is 152 g/mol. The number of rotatable bonds is 1. The lowest BCUT2D eigenvalue weighted by Gasteiger charge is -2.26. The molecule has 0 aliphatic heterocycles. The molecule has 2 heteroatoms. The van der Waals surface area contributed by atoms with E-state index in [-0.39, 0.29) is 12.4 Å². The van der Waals surface area contributed by atoms with Crippen LogP contribution in [0.3, 0.4) is 0 Å². The van der Waals surface area contributed by atoms with Crippen LogP contribution < -0.4 is 5.32 Å². The van der Waals surface area contributed by atoms with Crippen LogP contribution in [0.2, 0.25) is 0 Å². The third-order valence-electron chi connectivity index (χ3n) is 1.73. The summed E-state index contributed by atoms with van der Waals surface area (Å²) in [6.45, 7) is 8.89. The fraction of sp³-hybridized carbons (Fsp3) is 1.00. The molecule has 0 saturated carbocycles. The van der Waals surface area contributed by atoms with Gasteiger partial charge in [0.25, 0.3) is 0 Å². The van der Waals surface area contributed by atoms with Crippen molar-refractivity contribution in [2.24, 2.45) is 5.41 Å². The Kier molecular flexibility index (Phi) is 5.49. The first-order chi connectivity index (χ1) is 3.48. The van der Waals surface area contributed by atoms with E-state index in [1.807, 2.05) is 7.05 Å². The predicted molar refractivity (Wildman–Crippen MR) is 45.2 cm³/mol. The number of hydrogen-bond acceptors (Lipinski definition) is 1. The summed E-state index contributed by atoms with van der Waals surface area (Å²) in [5, 5.41) is 3.20. The standard InChI is InChI=1S/C7H17N.ClH/c1-6(8-5)7(2,3)4;/h6,8H,1-5H3;1H. The third-order valence-corrected chi connectivity index (χ3v) is 1.73. The lowest BCUT2D eigenvalue weighted by Crippen LogP contribution is -2.34. The smallest absolute Gasteiger partial charge is 0.00842 e. The molecule has 9 heavy (non-hydrogen) atoms. The molecule has 0 aliphatic rings. The van der Waals surface area contributed by atoms with Crippen molar-refractivity contribution in [3.8, 4) is 0 Å². The zero-order valence-corrected chi connectivity index (χ0v) is 7.80. The molecule has 0 aliphatic carbocycles. The van der Waals surface area contributed by atoms with Crippen molar-refractivity contribution in [3.05, 3.63) is 0 Å². The van der Waals surface area contributed by atoms with Gasteiger partial charge in [0, 0.05) is 6.04 Å². The summed E-state index contributed by atoms with van der Waals surface area (Å²) in [6, 6.07) is 0.600. The van der Waals surface area contributed by atoms with Gasteiger partial charge in [0.2, 0.25) is 0 Å². The second-order valence-corrected chi connectivity index (χ2v) is 3.38. The summed E-state index contributed by atoms with van der Waals surface area (Å²) < 4.78 is 0. The van der Waals surface area contributed by atoms with Crippen LogP contribution in [0.15, 0.2) is 0 Å². The highest BCUT2D eigenvalue weighted by atomic mass is 35.5. The van der Waals surface area contributed by atoms with E-state index in [1.54, 1.807) is 0 Å². The second-order valence-electron chi connectivity index (χ2n) is 3.38. The van der Waals surface area contributed by atoms with Crippen LogP contribution in [0, 0.1) is 5.41 Å². The van der Waals surface area contributed by atoms with Gasteiger partial charge in [-0.05, 0) is 19.4 Å². The van der Waals surface area contributed by atoms with Gasteiger partial charge in [0.15, 0.2) is 0 Å². The molecule has 1 nitrogen and oxygen atoms in total. The van der Waals surface area contributed by atoms with Gasteiger partial charge in [0.1, 0.15) is 0 Å². The van der Waals surface area contributed by atoms with Crippen LogP contribution in [0.1, 0.15) is 27.7 Å². The molecule has 58 valence electrons. The fourth-order valence-electron chi connectivity index (χ4n) is 0.433. The molecule has 1 N–H and O–H groups in total. The molecule has 0 amide bonds. The summed E-state index contributed by atoms with van der Waals surface area (Å²) in [4.78, 5) is 0. The average Bonchev–Trinajstić information content (AvgIpc) is 1.62. The topological polar surface area (TPSA) is 12.0 Å². The van der Waals surface area contributed by atoms with Crippen molar-refractivity contribution in [1.82, 2.24) is 5.32 Å². The highest BCUT2D eigenvalue weighted by Crippen LogP contribution is 2.17. The van der Waals surface area contributed by atoms with Crippen molar-refractivity contribution >= 4 is 12.4 Å². The molecule has 0 saturated heterocycles. The summed E-state index contributed by atoms with van der Waals surface area (Å²) in [7, 11) is 2.00. The molecule has 0 bridgehead atoms. The van der Waals surface area contributed by atoms with Gasteiger partial charge < -0.3 is 5.32 Å². The minimum Gasteiger partial charge on any atom is -0.317 e.